The summed E-state index contributed by atoms with van der Waals surface area (Å²) in [5.41, 5.74) is -0.605. The minimum Gasteiger partial charge on any atom is -0.465 e. The maximum Gasteiger partial charge on any atom is 0.416 e. The second-order valence-corrected chi connectivity index (χ2v) is 10.4. The number of benzene rings is 1. The number of fused-ring (bicyclic) bond motifs is 2. The van der Waals surface area contributed by atoms with Crippen LogP contribution in [0.2, 0.25) is 0 Å². The van der Waals surface area contributed by atoms with Crippen molar-refractivity contribution in [2.45, 2.75) is 35.8 Å². The standard InChI is InChI=1S/C24H18F3N3O5S2/c1-2-35-15(31)11-29-22-19(37-23(29)34)16(12-5-4-8-28-10-12)17-18(36-22)21(33)30(20(17)32)14-7-3-6-13(9-14)24(25,26)27/h3-10,16-18H,2,11H2,1H3/t16-,17-,18+/m0/s1. The molecule has 0 unspecified atom stereocenters. The maximum absolute atomic E-state index is 13.7. The number of thiazole rings is 1. The molecule has 3 atom stereocenters. The van der Waals surface area contributed by atoms with Gasteiger partial charge in [0, 0.05) is 23.2 Å². The van der Waals surface area contributed by atoms with E-state index < -0.39 is 51.5 Å². The number of carbonyl (C=O) groups is 3. The van der Waals surface area contributed by atoms with Crippen molar-refractivity contribution < 1.29 is 32.3 Å². The highest BCUT2D eigenvalue weighted by Crippen LogP contribution is 2.53. The van der Waals surface area contributed by atoms with Crippen molar-refractivity contribution in [2.24, 2.45) is 5.92 Å². The van der Waals surface area contributed by atoms with Crippen LogP contribution in [0.4, 0.5) is 18.9 Å². The number of carbonyl (C=O) groups excluding carboxylic acids is 3. The third-order valence-electron chi connectivity index (χ3n) is 6.12. The second-order valence-electron chi connectivity index (χ2n) is 8.32. The minimum atomic E-state index is -4.66. The van der Waals surface area contributed by atoms with Crippen molar-refractivity contribution in [3.8, 4) is 0 Å². The van der Waals surface area contributed by atoms with E-state index in [-0.39, 0.29) is 18.8 Å². The number of imide groups is 1. The fraction of sp³-hybridized carbons (Fsp3) is 0.292. The highest BCUT2D eigenvalue weighted by atomic mass is 32.2. The van der Waals surface area contributed by atoms with Gasteiger partial charge in [-0.3, -0.25) is 28.7 Å². The Balaban J connectivity index is 1.62. The normalized spacial score (nSPS) is 21.1. The molecule has 0 bridgehead atoms. The number of alkyl halides is 3. The smallest absolute Gasteiger partial charge is 0.416 e. The highest BCUT2D eigenvalue weighted by Gasteiger charge is 2.57. The SMILES string of the molecule is CCOC(=O)Cn1c2c(sc1=O)[C@@H](c1cccnc1)[C@@H]1C(=O)N(c3cccc(C(F)(F)F)c3)C(=O)[C@@H]1S2. The molecule has 13 heteroatoms. The van der Waals surface area contributed by atoms with Crippen molar-refractivity contribution in [3.05, 3.63) is 74.5 Å². The second kappa shape index (κ2) is 9.45. The third-order valence-corrected chi connectivity index (χ3v) is 8.72. The van der Waals surface area contributed by atoms with Crippen molar-refractivity contribution in [1.29, 1.82) is 0 Å². The molecule has 2 aliphatic heterocycles. The molecule has 2 aliphatic rings. The third kappa shape index (κ3) is 4.35. The Kier molecular flexibility index (Phi) is 6.44. The summed E-state index contributed by atoms with van der Waals surface area (Å²) in [6.07, 6.45) is -1.61. The number of hydrogen-bond donors (Lipinski definition) is 0. The van der Waals surface area contributed by atoms with Gasteiger partial charge in [0.2, 0.25) is 11.8 Å². The number of anilines is 1. The molecule has 3 aromatic rings. The van der Waals surface area contributed by atoms with Crippen LogP contribution in [0.3, 0.4) is 0 Å². The van der Waals surface area contributed by atoms with E-state index >= 15 is 0 Å². The number of rotatable bonds is 5. The molecule has 0 saturated carbocycles. The van der Waals surface area contributed by atoms with E-state index in [1.54, 1.807) is 19.1 Å². The summed E-state index contributed by atoms with van der Waals surface area (Å²) in [4.78, 5) is 57.2. The first-order chi connectivity index (χ1) is 17.6. The number of pyridine rings is 1. The highest BCUT2D eigenvalue weighted by molar-refractivity contribution is 8.00. The Morgan fingerprint density at radius 3 is 2.59 bits per heavy atom. The Morgan fingerprint density at radius 1 is 1.14 bits per heavy atom. The predicted octanol–water partition coefficient (Wildman–Crippen LogP) is 3.68. The van der Waals surface area contributed by atoms with E-state index in [0.29, 0.717) is 15.5 Å². The van der Waals surface area contributed by atoms with Gasteiger partial charge in [-0.1, -0.05) is 35.2 Å². The van der Waals surface area contributed by atoms with Gasteiger partial charge in [0.05, 0.1) is 28.8 Å². The van der Waals surface area contributed by atoms with Gasteiger partial charge in [0.1, 0.15) is 11.8 Å². The molecule has 2 aromatic heterocycles. The summed E-state index contributed by atoms with van der Waals surface area (Å²) in [5, 5.41) is -0.674. The molecule has 1 fully saturated rings. The molecule has 1 aromatic carbocycles. The van der Waals surface area contributed by atoms with Gasteiger partial charge < -0.3 is 4.74 Å². The zero-order valence-electron chi connectivity index (χ0n) is 19.1. The molecule has 1 saturated heterocycles. The monoisotopic (exact) mass is 549 g/mol. The molecule has 4 heterocycles. The first-order valence-corrected chi connectivity index (χ1v) is 12.8. The Labute approximate surface area is 216 Å². The summed E-state index contributed by atoms with van der Waals surface area (Å²) in [5.74, 6) is -3.74. The van der Waals surface area contributed by atoms with Crippen molar-refractivity contribution in [1.82, 2.24) is 9.55 Å². The molecular formula is C24H18F3N3O5S2. The molecule has 0 N–H and O–H groups in total. The number of hydrogen-bond acceptors (Lipinski definition) is 8. The van der Waals surface area contributed by atoms with Crippen LogP contribution in [0.5, 0.6) is 0 Å². The Hall–Kier alpha value is -3.45. The lowest BCUT2D eigenvalue weighted by atomic mass is 9.84. The van der Waals surface area contributed by atoms with Crippen molar-refractivity contribution in [2.75, 3.05) is 11.5 Å². The summed E-state index contributed by atoms with van der Waals surface area (Å²) in [6.45, 7) is 1.38. The van der Waals surface area contributed by atoms with Crippen LogP contribution < -0.4 is 9.77 Å². The molecule has 0 spiro atoms. The van der Waals surface area contributed by atoms with Crippen molar-refractivity contribution in [3.63, 3.8) is 0 Å². The lowest BCUT2D eigenvalue weighted by Gasteiger charge is -2.30. The zero-order valence-corrected chi connectivity index (χ0v) is 20.7. The van der Waals surface area contributed by atoms with Crippen LogP contribution in [0, 0.1) is 5.92 Å². The fourth-order valence-corrected chi connectivity index (χ4v) is 7.36. The molecule has 192 valence electrons. The lowest BCUT2D eigenvalue weighted by Crippen LogP contribution is -2.32. The van der Waals surface area contributed by atoms with Gasteiger partial charge in [0.15, 0.2) is 0 Å². The zero-order chi connectivity index (χ0) is 26.5. The minimum absolute atomic E-state index is 0.120. The average molecular weight is 550 g/mol. The number of amides is 2. The van der Waals surface area contributed by atoms with Crippen LogP contribution in [-0.2, 0) is 31.8 Å². The van der Waals surface area contributed by atoms with Crippen molar-refractivity contribution >= 4 is 46.6 Å². The van der Waals surface area contributed by atoms with Crippen LogP contribution >= 0.6 is 23.1 Å². The first-order valence-electron chi connectivity index (χ1n) is 11.1. The van der Waals surface area contributed by atoms with Gasteiger partial charge in [-0.25, -0.2) is 4.90 Å². The van der Waals surface area contributed by atoms with Gasteiger partial charge in [-0.2, -0.15) is 13.2 Å². The van der Waals surface area contributed by atoms with E-state index in [0.717, 1.165) is 46.2 Å². The molecule has 0 radical (unpaired) electrons. The molecule has 8 nitrogen and oxygen atoms in total. The van der Waals surface area contributed by atoms with Gasteiger partial charge in [-0.15, -0.1) is 0 Å². The fourth-order valence-electron chi connectivity index (χ4n) is 4.59. The molecule has 5 rings (SSSR count). The Morgan fingerprint density at radius 2 is 1.92 bits per heavy atom. The number of ether oxygens (including phenoxy) is 1. The van der Waals surface area contributed by atoms with E-state index in [1.165, 1.54) is 23.0 Å². The average Bonchev–Trinajstić information content (AvgIpc) is 3.30. The molecular weight excluding hydrogens is 531 g/mol. The number of nitrogens with zero attached hydrogens (tertiary/aromatic N) is 3. The van der Waals surface area contributed by atoms with Crippen LogP contribution in [0.25, 0.3) is 0 Å². The summed E-state index contributed by atoms with van der Waals surface area (Å²) in [7, 11) is 0. The largest absolute Gasteiger partial charge is 0.465 e. The summed E-state index contributed by atoms with van der Waals surface area (Å²) >= 11 is 1.82. The molecule has 2 amide bonds. The molecule has 37 heavy (non-hydrogen) atoms. The topological polar surface area (TPSA) is 98.6 Å². The Bertz CT molecular complexity index is 1450. The van der Waals surface area contributed by atoms with E-state index in [4.69, 9.17) is 4.74 Å². The van der Waals surface area contributed by atoms with Crippen LogP contribution in [-0.4, -0.2) is 39.2 Å². The number of esters is 1. The van der Waals surface area contributed by atoms with Crippen LogP contribution in [0.15, 0.2) is 58.6 Å². The lowest BCUT2D eigenvalue weighted by molar-refractivity contribution is -0.144. The van der Waals surface area contributed by atoms with Gasteiger partial charge >= 0.3 is 17.0 Å². The first kappa shape index (κ1) is 25.2. The molecule has 0 aliphatic carbocycles. The van der Waals surface area contributed by atoms with E-state index in [1.807, 2.05) is 0 Å². The van der Waals surface area contributed by atoms with Crippen LogP contribution in [0.1, 0.15) is 28.8 Å². The number of thioether (sulfide) groups is 1. The van der Waals surface area contributed by atoms with Gasteiger partial charge in [0.25, 0.3) is 0 Å². The van der Waals surface area contributed by atoms with Gasteiger partial charge in [-0.05, 0) is 36.8 Å². The summed E-state index contributed by atoms with van der Waals surface area (Å²) in [6, 6.07) is 7.40. The van der Waals surface area contributed by atoms with E-state index in [2.05, 4.69) is 4.98 Å². The number of aromatic nitrogens is 2. The maximum atomic E-state index is 13.7. The number of halogens is 3. The predicted molar refractivity (Wildman–Crippen MR) is 128 cm³/mol. The summed E-state index contributed by atoms with van der Waals surface area (Å²) < 4.78 is 46.2. The van der Waals surface area contributed by atoms with E-state index in [9.17, 15) is 32.3 Å². The quantitative estimate of drug-likeness (QED) is 0.354.